The van der Waals surface area contributed by atoms with Gasteiger partial charge in [-0.3, -0.25) is 4.79 Å². The van der Waals surface area contributed by atoms with Crippen LogP contribution in [0.4, 0.5) is 0 Å². The molecule has 1 aromatic heterocycles. The molecule has 1 heterocycles. The van der Waals surface area contributed by atoms with E-state index in [0.717, 1.165) is 30.0 Å². The second-order valence-corrected chi connectivity index (χ2v) is 6.11. The van der Waals surface area contributed by atoms with Crippen molar-refractivity contribution in [3.05, 3.63) is 60.2 Å². The third-order valence-electron chi connectivity index (χ3n) is 4.43. The molecule has 5 nitrogen and oxygen atoms in total. The van der Waals surface area contributed by atoms with Gasteiger partial charge in [-0.1, -0.05) is 30.4 Å². The maximum atomic E-state index is 12.6. The van der Waals surface area contributed by atoms with Crippen LogP contribution in [0, 0.1) is 5.92 Å². The number of hydrogen-bond acceptors (Lipinski definition) is 3. The van der Waals surface area contributed by atoms with Gasteiger partial charge in [-0.25, -0.2) is 4.98 Å². The maximum absolute atomic E-state index is 12.6. The highest BCUT2D eigenvalue weighted by Gasteiger charge is 2.25. The molecule has 0 saturated heterocycles. The zero-order valence-corrected chi connectivity index (χ0v) is 14.1. The van der Waals surface area contributed by atoms with Gasteiger partial charge in [0, 0.05) is 31.4 Å². The molecule has 1 amide bonds. The van der Waals surface area contributed by atoms with Crippen LogP contribution < -0.4 is 10.1 Å². The van der Waals surface area contributed by atoms with Crippen molar-refractivity contribution in [2.24, 2.45) is 13.0 Å². The Balaban J connectivity index is 1.86. The van der Waals surface area contributed by atoms with E-state index in [1.807, 2.05) is 42.1 Å². The van der Waals surface area contributed by atoms with E-state index in [9.17, 15) is 4.79 Å². The first-order valence-corrected chi connectivity index (χ1v) is 8.25. The van der Waals surface area contributed by atoms with Gasteiger partial charge >= 0.3 is 0 Å². The summed E-state index contributed by atoms with van der Waals surface area (Å²) in [5, 5.41) is 3.14. The minimum Gasteiger partial charge on any atom is -0.496 e. The maximum Gasteiger partial charge on any atom is 0.221 e. The lowest BCUT2D eigenvalue weighted by Crippen LogP contribution is -2.32. The number of imidazole rings is 1. The van der Waals surface area contributed by atoms with E-state index in [-0.39, 0.29) is 11.9 Å². The molecule has 0 unspecified atom stereocenters. The molecule has 1 aliphatic rings. The quantitative estimate of drug-likeness (QED) is 0.831. The third-order valence-corrected chi connectivity index (χ3v) is 4.43. The van der Waals surface area contributed by atoms with Crippen LogP contribution in [-0.2, 0) is 11.8 Å². The van der Waals surface area contributed by atoms with Gasteiger partial charge in [-0.05, 0) is 24.8 Å². The second-order valence-electron chi connectivity index (χ2n) is 6.11. The molecular weight excluding hydrogens is 302 g/mol. The molecule has 126 valence electrons. The molecule has 0 spiro atoms. The molecular formula is C19H23N3O2. The first-order chi connectivity index (χ1) is 11.7. The molecule has 0 bridgehead atoms. The Bertz CT molecular complexity index is 736. The first kappa shape index (κ1) is 16.3. The van der Waals surface area contributed by atoms with Crippen LogP contribution >= 0.6 is 0 Å². The number of carbonyl (C=O) groups excluding carboxylic acids is 1. The Hall–Kier alpha value is -2.56. The Kier molecular flexibility index (Phi) is 4.99. The summed E-state index contributed by atoms with van der Waals surface area (Å²) in [4.78, 5) is 17.0. The molecule has 0 fully saturated rings. The zero-order valence-electron chi connectivity index (χ0n) is 14.1. The van der Waals surface area contributed by atoms with E-state index in [1.165, 1.54) is 0 Å². The fourth-order valence-electron chi connectivity index (χ4n) is 3.16. The summed E-state index contributed by atoms with van der Waals surface area (Å²) >= 11 is 0. The van der Waals surface area contributed by atoms with Gasteiger partial charge < -0.3 is 14.6 Å². The highest BCUT2D eigenvalue weighted by atomic mass is 16.5. The van der Waals surface area contributed by atoms with Crippen LogP contribution in [0.25, 0.3) is 0 Å². The lowest BCUT2D eigenvalue weighted by Gasteiger charge is -2.22. The van der Waals surface area contributed by atoms with Gasteiger partial charge in [0.25, 0.3) is 0 Å². The molecule has 1 aromatic carbocycles. The number of ether oxygens (including phenoxy) is 1. The average molecular weight is 325 g/mol. The number of carbonyl (C=O) groups is 1. The number of aryl methyl sites for hydroxylation is 1. The summed E-state index contributed by atoms with van der Waals surface area (Å²) in [7, 11) is 3.57. The standard InChI is InChI=1S/C19H23N3O2/c1-22-12-11-20-19(22)18(15-9-5-6-10-16(15)24-2)21-17(23)13-14-7-3-4-8-14/h3,5-7,9-12,14,18H,4,8,13H2,1-2H3,(H,21,23)/t14-,18-/m1/s1. The number of allylic oxidation sites excluding steroid dienone is 2. The van der Waals surface area contributed by atoms with E-state index >= 15 is 0 Å². The van der Waals surface area contributed by atoms with Crippen LogP contribution in [0.3, 0.4) is 0 Å². The predicted octanol–water partition coefficient (Wildman–Crippen LogP) is 2.99. The van der Waals surface area contributed by atoms with Crippen molar-refractivity contribution < 1.29 is 9.53 Å². The summed E-state index contributed by atoms with van der Waals surface area (Å²) in [5.74, 6) is 1.90. The minimum atomic E-state index is -0.334. The van der Waals surface area contributed by atoms with Gasteiger partial charge in [0.15, 0.2) is 0 Å². The van der Waals surface area contributed by atoms with Gasteiger partial charge in [-0.15, -0.1) is 0 Å². The van der Waals surface area contributed by atoms with Crippen LogP contribution in [0.15, 0.2) is 48.8 Å². The van der Waals surface area contributed by atoms with E-state index < -0.39 is 0 Å². The predicted molar refractivity (Wildman–Crippen MR) is 92.7 cm³/mol. The van der Waals surface area contributed by atoms with Crippen LogP contribution in [0.5, 0.6) is 5.75 Å². The monoisotopic (exact) mass is 325 g/mol. The minimum absolute atomic E-state index is 0.0328. The summed E-state index contributed by atoms with van der Waals surface area (Å²) in [6.45, 7) is 0. The largest absolute Gasteiger partial charge is 0.496 e. The number of hydrogen-bond donors (Lipinski definition) is 1. The molecule has 5 heteroatoms. The Labute approximate surface area is 142 Å². The molecule has 0 aliphatic heterocycles. The fourth-order valence-corrected chi connectivity index (χ4v) is 3.16. The van der Waals surface area contributed by atoms with Crippen molar-refractivity contribution in [3.63, 3.8) is 0 Å². The lowest BCUT2D eigenvalue weighted by atomic mass is 10.0. The van der Waals surface area contributed by atoms with Crippen molar-refractivity contribution >= 4 is 5.91 Å². The average Bonchev–Trinajstić information content (AvgIpc) is 3.24. The van der Waals surface area contributed by atoms with Gasteiger partial charge in [0.05, 0.1) is 7.11 Å². The van der Waals surface area contributed by atoms with Gasteiger partial charge in [0.1, 0.15) is 17.6 Å². The summed E-state index contributed by atoms with van der Waals surface area (Å²) in [6, 6.07) is 7.40. The summed E-state index contributed by atoms with van der Waals surface area (Å²) in [6.07, 6.45) is 10.5. The number of nitrogens with zero attached hydrogens (tertiary/aromatic N) is 2. The number of methoxy groups -OCH3 is 1. The summed E-state index contributed by atoms with van der Waals surface area (Å²) < 4.78 is 7.40. The molecule has 1 N–H and O–H groups in total. The number of rotatable bonds is 6. The normalized spacial score (nSPS) is 17.7. The van der Waals surface area contributed by atoms with E-state index in [2.05, 4.69) is 22.5 Å². The van der Waals surface area contributed by atoms with Gasteiger partial charge in [-0.2, -0.15) is 0 Å². The van der Waals surface area contributed by atoms with E-state index in [1.54, 1.807) is 13.3 Å². The van der Waals surface area contributed by atoms with Crippen LogP contribution in [0.2, 0.25) is 0 Å². The Morgan fingerprint density at radius 2 is 2.29 bits per heavy atom. The molecule has 24 heavy (non-hydrogen) atoms. The lowest BCUT2D eigenvalue weighted by molar-refractivity contribution is -0.122. The van der Waals surface area contributed by atoms with Crippen LogP contribution in [-0.4, -0.2) is 22.6 Å². The number of para-hydroxylation sites is 1. The Morgan fingerprint density at radius 3 is 2.96 bits per heavy atom. The highest BCUT2D eigenvalue weighted by molar-refractivity contribution is 5.77. The Morgan fingerprint density at radius 1 is 1.46 bits per heavy atom. The molecule has 0 radical (unpaired) electrons. The first-order valence-electron chi connectivity index (χ1n) is 8.25. The fraction of sp³-hybridized carbons (Fsp3) is 0.368. The van der Waals surface area contributed by atoms with E-state index in [0.29, 0.717) is 12.3 Å². The molecule has 0 saturated carbocycles. The van der Waals surface area contributed by atoms with Crippen molar-refractivity contribution in [2.45, 2.75) is 25.3 Å². The van der Waals surface area contributed by atoms with E-state index in [4.69, 9.17) is 4.74 Å². The third kappa shape index (κ3) is 3.50. The number of amides is 1. The number of nitrogens with one attached hydrogen (secondary N) is 1. The van der Waals surface area contributed by atoms with Crippen molar-refractivity contribution in [1.29, 1.82) is 0 Å². The smallest absolute Gasteiger partial charge is 0.221 e. The second kappa shape index (κ2) is 7.34. The number of aromatic nitrogens is 2. The molecule has 2 atom stereocenters. The van der Waals surface area contributed by atoms with Gasteiger partial charge in [0.2, 0.25) is 5.91 Å². The number of benzene rings is 1. The topological polar surface area (TPSA) is 56.1 Å². The van der Waals surface area contributed by atoms with Crippen molar-refractivity contribution in [1.82, 2.24) is 14.9 Å². The molecule has 3 rings (SSSR count). The van der Waals surface area contributed by atoms with Crippen LogP contribution in [0.1, 0.15) is 36.7 Å². The molecule has 2 aromatic rings. The highest BCUT2D eigenvalue weighted by Crippen LogP contribution is 2.29. The molecule has 1 aliphatic carbocycles. The SMILES string of the molecule is COc1ccccc1[C@@H](NC(=O)C[C@@H]1C=CCC1)c1nccn1C. The van der Waals surface area contributed by atoms with Crippen molar-refractivity contribution in [3.8, 4) is 5.75 Å². The summed E-state index contributed by atoms with van der Waals surface area (Å²) in [5.41, 5.74) is 0.907. The zero-order chi connectivity index (χ0) is 16.9. The van der Waals surface area contributed by atoms with Crippen molar-refractivity contribution in [2.75, 3.05) is 7.11 Å².